The van der Waals surface area contributed by atoms with E-state index in [-0.39, 0.29) is 5.56 Å². The van der Waals surface area contributed by atoms with E-state index in [2.05, 4.69) is 10.1 Å². The van der Waals surface area contributed by atoms with Gasteiger partial charge < -0.3 is 4.42 Å². The molecule has 6 heteroatoms. The number of rotatable bonds is 3. The minimum atomic E-state index is -0.187. The maximum absolute atomic E-state index is 13.3. The molecule has 0 aliphatic heterocycles. The van der Waals surface area contributed by atoms with E-state index < -0.39 is 0 Å². The van der Waals surface area contributed by atoms with Crippen LogP contribution in [0.3, 0.4) is 0 Å². The van der Waals surface area contributed by atoms with E-state index in [0.717, 1.165) is 35.4 Å². The number of benzene rings is 1. The lowest BCUT2D eigenvalue weighted by atomic mass is 10.1. The van der Waals surface area contributed by atoms with Crippen LogP contribution in [0.2, 0.25) is 0 Å². The van der Waals surface area contributed by atoms with Crippen molar-refractivity contribution in [3.05, 3.63) is 64.0 Å². The van der Waals surface area contributed by atoms with Crippen LogP contribution in [0.1, 0.15) is 48.7 Å². The summed E-state index contributed by atoms with van der Waals surface area (Å²) in [6.45, 7) is 3.79. The largest absolute Gasteiger partial charge is 0.441 e. The standard InChI is InChI=1S/C22H22N4O2/c1-13-19(21-23-12-17(28-21)15-8-6-7-9-15)22(27)26-20(24-13)18(14(2)25-26)16-10-4-3-5-11-16/h3-5,10-12,15,25H,6-9H2,1-2H3. The van der Waals surface area contributed by atoms with Crippen molar-refractivity contribution in [2.75, 3.05) is 0 Å². The molecule has 3 aromatic heterocycles. The monoisotopic (exact) mass is 374 g/mol. The van der Waals surface area contributed by atoms with Crippen molar-refractivity contribution in [1.82, 2.24) is 19.6 Å². The van der Waals surface area contributed by atoms with Gasteiger partial charge in [-0.1, -0.05) is 43.2 Å². The summed E-state index contributed by atoms with van der Waals surface area (Å²) >= 11 is 0. The zero-order valence-electron chi connectivity index (χ0n) is 16.0. The van der Waals surface area contributed by atoms with Crippen molar-refractivity contribution >= 4 is 5.65 Å². The first kappa shape index (κ1) is 17.0. The molecule has 0 atom stereocenters. The van der Waals surface area contributed by atoms with Gasteiger partial charge in [-0.25, -0.2) is 14.5 Å². The van der Waals surface area contributed by atoms with Gasteiger partial charge in [-0.2, -0.15) is 0 Å². The van der Waals surface area contributed by atoms with Crippen molar-refractivity contribution in [2.45, 2.75) is 45.4 Å². The SMILES string of the molecule is Cc1nc2c(-c3ccccc3)c(C)[nH]n2c(=O)c1-c1ncc(C2CCCC2)o1. The van der Waals surface area contributed by atoms with Crippen molar-refractivity contribution in [3.63, 3.8) is 0 Å². The molecule has 1 saturated carbocycles. The van der Waals surface area contributed by atoms with Crippen LogP contribution in [-0.2, 0) is 0 Å². The molecule has 5 rings (SSSR count). The van der Waals surface area contributed by atoms with Crippen LogP contribution < -0.4 is 5.56 Å². The second kappa shape index (κ2) is 6.48. The van der Waals surface area contributed by atoms with Crippen LogP contribution in [0.5, 0.6) is 0 Å². The molecule has 6 nitrogen and oxygen atoms in total. The van der Waals surface area contributed by atoms with E-state index >= 15 is 0 Å². The van der Waals surface area contributed by atoms with Crippen molar-refractivity contribution in [3.8, 4) is 22.6 Å². The normalized spacial score (nSPS) is 14.9. The van der Waals surface area contributed by atoms with Gasteiger partial charge in [-0.3, -0.25) is 9.89 Å². The number of hydrogen-bond acceptors (Lipinski definition) is 4. The highest BCUT2D eigenvalue weighted by molar-refractivity contribution is 5.80. The van der Waals surface area contributed by atoms with Gasteiger partial charge in [0.15, 0.2) is 5.65 Å². The second-order valence-electron chi connectivity index (χ2n) is 7.56. The molecule has 3 heterocycles. The molecule has 28 heavy (non-hydrogen) atoms. The quantitative estimate of drug-likeness (QED) is 0.568. The van der Waals surface area contributed by atoms with E-state index in [9.17, 15) is 4.79 Å². The fourth-order valence-electron chi connectivity index (χ4n) is 4.29. The highest BCUT2D eigenvalue weighted by Crippen LogP contribution is 2.36. The predicted octanol–water partition coefficient (Wildman–Crippen LogP) is 4.62. The van der Waals surface area contributed by atoms with Crippen molar-refractivity contribution < 1.29 is 4.42 Å². The van der Waals surface area contributed by atoms with Gasteiger partial charge in [-0.05, 0) is 32.3 Å². The zero-order valence-corrected chi connectivity index (χ0v) is 16.0. The Morgan fingerprint density at radius 1 is 1.11 bits per heavy atom. The molecule has 0 spiro atoms. The molecule has 1 N–H and O–H groups in total. The number of aryl methyl sites for hydroxylation is 2. The average Bonchev–Trinajstić information content (AvgIpc) is 3.42. The fourth-order valence-corrected chi connectivity index (χ4v) is 4.29. The van der Waals surface area contributed by atoms with E-state index in [1.54, 1.807) is 6.20 Å². The van der Waals surface area contributed by atoms with Gasteiger partial charge in [0, 0.05) is 17.2 Å². The Morgan fingerprint density at radius 2 is 1.86 bits per heavy atom. The Hall–Kier alpha value is -3.15. The first-order valence-electron chi connectivity index (χ1n) is 9.77. The van der Waals surface area contributed by atoms with Gasteiger partial charge in [0.05, 0.1) is 11.9 Å². The molecule has 0 amide bonds. The first-order valence-corrected chi connectivity index (χ1v) is 9.77. The summed E-state index contributed by atoms with van der Waals surface area (Å²) in [6, 6.07) is 9.98. The lowest BCUT2D eigenvalue weighted by Crippen LogP contribution is -2.19. The summed E-state index contributed by atoms with van der Waals surface area (Å²) in [5.41, 5.74) is 4.34. The number of hydrogen-bond donors (Lipinski definition) is 1. The third-order valence-electron chi connectivity index (χ3n) is 5.70. The second-order valence-corrected chi connectivity index (χ2v) is 7.56. The van der Waals surface area contributed by atoms with Gasteiger partial charge in [0.2, 0.25) is 5.89 Å². The van der Waals surface area contributed by atoms with E-state index in [0.29, 0.717) is 28.7 Å². The molecule has 4 aromatic rings. The van der Waals surface area contributed by atoms with E-state index in [1.165, 1.54) is 17.4 Å². The molecular weight excluding hydrogens is 352 g/mol. The lowest BCUT2D eigenvalue weighted by molar-refractivity contribution is 0.471. The first-order chi connectivity index (χ1) is 13.6. The van der Waals surface area contributed by atoms with Gasteiger partial charge >= 0.3 is 0 Å². The highest BCUT2D eigenvalue weighted by atomic mass is 16.4. The molecule has 0 saturated heterocycles. The molecule has 0 radical (unpaired) electrons. The third-order valence-corrected chi connectivity index (χ3v) is 5.70. The number of aromatic nitrogens is 4. The van der Waals surface area contributed by atoms with Crippen LogP contribution in [0.15, 0.2) is 45.7 Å². The number of nitrogens with one attached hydrogen (secondary N) is 1. The van der Waals surface area contributed by atoms with E-state index in [1.807, 2.05) is 44.2 Å². The van der Waals surface area contributed by atoms with Gasteiger partial charge in [-0.15, -0.1) is 0 Å². The number of aromatic amines is 1. The summed E-state index contributed by atoms with van der Waals surface area (Å²) < 4.78 is 7.51. The summed E-state index contributed by atoms with van der Waals surface area (Å²) in [5.74, 6) is 1.65. The zero-order chi connectivity index (χ0) is 19.3. The van der Waals surface area contributed by atoms with Gasteiger partial charge in [0.1, 0.15) is 11.3 Å². The maximum Gasteiger partial charge on any atom is 0.285 e. The molecule has 1 aliphatic carbocycles. The third kappa shape index (κ3) is 2.59. The van der Waals surface area contributed by atoms with Gasteiger partial charge in [0.25, 0.3) is 5.56 Å². The maximum atomic E-state index is 13.3. The van der Waals surface area contributed by atoms with E-state index in [4.69, 9.17) is 9.40 Å². The molecule has 0 unspecified atom stereocenters. The van der Waals surface area contributed by atoms with Crippen molar-refractivity contribution in [2.24, 2.45) is 0 Å². The molecular formula is C22H22N4O2. The van der Waals surface area contributed by atoms with Crippen LogP contribution >= 0.6 is 0 Å². The Morgan fingerprint density at radius 3 is 2.61 bits per heavy atom. The Labute approximate surface area is 162 Å². The van der Waals surface area contributed by atoms with Crippen LogP contribution in [0.25, 0.3) is 28.2 Å². The minimum Gasteiger partial charge on any atom is -0.441 e. The summed E-state index contributed by atoms with van der Waals surface area (Å²) in [5, 5.41) is 3.17. The lowest BCUT2D eigenvalue weighted by Gasteiger charge is -2.05. The topological polar surface area (TPSA) is 76.2 Å². The molecule has 1 aliphatic rings. The minimum absolute atomic E-state index is 0.187. The van der Waals surface area contributed by atoms with Crippen LogP contribution in [0.4, 0.5) is 0 Å². The number of oxazole rings is 1. The molecule has 1 fully saturated rings. The predicted molar refractivity (Wildman–Crippen MR) is 107 cm³/mol. The molecule has 0 bridgehead atoms. The Bertz CT molecular complexity index is 1210. The Balaban J connectivity index is 1.67. The molecule has 1 aromatic carbocycles. The number of nitrogens with zero attached hydrogens (tertiary/aromatic N) is 3. The summed E-state index contributed by atoms with van der Waals surface area (Å²) in [4.78, 5) is 22.4. The van der Waals surface area contributed by atoms with Crippen LogP contribution in [0, 0.1) is 13.8 Å². The summed E-state index contributed by atoms with van der Waals surface area (Å²) in [7, 11) is 0. The average molecular weight is 374 g/mol. The van der Waals surface area contributed by atoms with Crippen LogP contribution in [-0.4, -0.2) is 19.6 Å². The smallest absolute Gasteiger partial charge is 0.285 e. The van der Waals surface area contributed by atoms with Crippen molar-refractivity contribution in [1.29, 1.82) is 0 Å². The highest BCUT2D eigenvalue weighted by Gasteiger charge is 2.24. The Kier molecular flexibility index (Phi) is 3.93. The number of fused-ring (bicyclic) bond motifs is 1. The number of H-pyrrole nitrogens is 1. The molecule has 142 valence electrons. The summed E-state index contributed by atoms with van der Waals surface area (Å²) in [6.07, 6.45) is 6.47. The fraction of sp³-hybridized carbons (Fsp3) is 0.318.